The van der Waals surface area contributed by atoms with Crippen LogP contribution in [0.15, 0.2) is 48.5 Å². The van der Waals surface area contributed by atoms with Gasteiger partial charge in [0.2, 0.25) is 0 Å². The molecular weight excluding hydrogens is 280 g/mol. The Hall–Kier alpha value is -1.51. The van der Waals surface area contributed by atoms with Crippen molar-refractivity contribution < 1.29 is 0 Å². The number of nitrogens with zero attached hydrogens (tertiary/aromatic N) is 1. The number of hydrogen-bond donors (Lipinski definition) is 1. The second-order valence-electron chi connectivity index (χ2n) is 5.39. The molecule has 0 amide bonds. The van der Waals surface area contributed by atoms with Crippen LogP contribution in [0.2, 0.25) is 5.02 Å². The van der Waals surface area contributed by atoms with Crippen molar-refractivity contribution in [3.8, 4) is 0 Å². The molecule has 0 atom stereocenters. The zero-order valence-corrected chi connectivity index (χ0v) is 13.7. The van der Waals surface area contributed by atoms with Gasteiger partial charge in [0.1, 0.15) is 0 Å². The molecular formula is C18H23ClN2. The van der Waals surface area contributed by atoms with Crippen molar-refractivity contribution in [2.45, 2.75) is 33.4 Å². The van der Waals surface area contributed by atoms with E-state index in [0.29, 0.717) is 6.04 Å². The highest BCUT2D eigenvalue weighted by atomic mass is 35.5. The number of nitrogens with one attached hydrogen (secondary N) is 1. The highest BCUT2D eigenvalue weighted by Crippen LogP contribution is 2.30. The van der Waals surface area contributed by atoms with Gasteiger partial charge in [0.05, 0.1) is 0 Å². The topological polar surface area (TPSA) is 15.3 Å². The van der Waals surface area contributed by atoms with Crippen LogP contribution in [0, 0.1) is 0 Å². The van der Waals surface area contributed by atoms with E-state index in [4.69, 9.17) is 11.6 Å². The fourth-order valence-electron chi connectivity index (χ4n) is 2.37. The lowest BCUT2D eigenvalue weighted by atomic mass is 10.1. The molecule has 0 fully saturated rings. The van der Waals surface area contributed by atoms with Gasteiger partial charge in [0.15, 0.2) is 0 Å². The first-order valence-electron chi connectivity index (χ1n) is 7.46. The molecule has 0 aliphatic rings. The van der Waals surface area contributed by atoms with Gasteiger partial charge in [-0.1, -0.05) is 43.6 Å². The molecule has 3 heteroatoms. The third kappa shape index (κ3) is 4.23. The Balaban J connectivity index is 2.36. The van der Waals surface area contributed by atoms with Gasteiger partial charge >= 0.3 is 0 Å². The second-order valence-corrected chi connectivity index (χ2v) is 5.82. The Kier molecular flexibility index (Phi) is 5.66. The molecule has 0 saturated carbocycles. The van der Waals surface area contributed by atoms with E-state index in [2.05, 4.69) is 67.4 Å². The smallest absolute Gasteiger partial charge is 0.0457 e. The van der Waals surface area contributed by atoms with Crippen molar-refractivity contribution in [3.63, 3.8) is 0 Å². The van der Waals surface area contributed by atoms with Gasteiger partial charge in [-0.05, 0) is 42.8 Å². The summed E-state index contributed by atoms with van der Waals surface area (Å²) in [6.07, 6.45) is 0. The first-order chi connectivity index (χ1) is 10.1. The molecule has 21 heavy (non-hydrogen) atoms. The van der Waals surface area contributed by atoms with Crippen LogP contribution < -0.4 is 10.2 Å². The van der Waals surface area contributed by atoms with Crippen LogP contribution >= 0.6 is 11.6 Å². The Morgan fingerprint density at radius 2 is 1.81 bits per heavy atom. The predicted molar refractivity (Wildman–Crippen MR) is 92.5 cm³/mol. The maximum atomic E-state index is 6.18. The number of hydrogen-bond acceptors (Lipinski definition) is 2. The van der Waals surface area contributed by atoms with Crippen LogP contribution in [-0.2, 0) is 6.54 Å². The van der Waals surface area contributed by atoms with E-state index in [-0.39, 0.29) is 0 Å². The van der Waals surface area contributed by atoms with Gasteiger partial charge in [-0.2, -0.15) is 0 Å². The largest absolute Gasteiger partial charge is 0.342 e. The molecule has 0 unspecified atom stereocenters. The van der Waals surface area contributed by atoms with E-state index in [9.17, 15) is 0 Å². The molecule has 0 radical (unpaired) electrons. The molecule has 2 rings (SSSR count). The summed E-state index contributed by atoms with van der Waals surface area (Å²) >= 11 is 6.18. The van der Waals surface area contributed by atoms with Gasteiger partial charge in [-0.3, -0.25) is 0 Å². The summed E-state index contributed by atoms with van der Waals surface area (Å²) in [5, 5.41) is 4.26. The summed E-state index contributed by atoms with van der Waals surface area (Å²) in [4.78, 5) is 2.31. The van der Waals surface area contributed by atoms with Gasteiger partial charge in [-0.15, -0.1) is 0 Å². The molecule has 0 aromatic heterocycles. The third-order valence-electron chi connectivity index (χ3n) is 3.42. The van der Waals surface area contributed by atoms with Crippen molar-refractivity contribution in [3.05, 3.63) is 59.1 Å². The molecule has 0 heterocycles. The lowest BCUT2D eigenvalue weighted by Gasteiger charge is -2.26. The SMILES string of the molecule is CCN(c1ccccc1)c1ccc(Cl)cc1CNC(C)C. The first-order valence-corrected chi connectivity index (χ1v) is 7.84. The average molecular weight is 303 g/mol. The van der Waals surface area contributed by atoms with Crippen LogP contribution in [0.5, 0.6) is 0 Å². The highest BCUT2D eigenvalue weighted by molar-refractivity contribution is 6.30. The fourth-order valence-corrected chi connectivity index (χ4v) is 2.57. The summed E-state index contributed by atoms with van der Waals surface area (Å²) in [7, 11) is 0. The lowest BCUT2D eigenvalue weighted by molar-refractivity contribution is 0.589. The minimum Gasteiger partial charge on any atom is -0.342 e. The molecule has 0 saturated heterocycles. The number of para-hydroxylation sites is 1. The molecule has 0 aliphatic heterocycles. The van der Waals surface area contributed by atoms with Crippen molar-refractivity contribution in [2.75, 3.05) is 11.4 Å². The molecule has 0 spiro atoms. The van der Waals surface area contributed by atoms with Crippen molar-refractivity contribution in [2.24, 2.45) is 0 Å². The molecule has 2 aromatic rings. The summed E-state index contributed by atoms with van der Waals surface area (Å²) in [6, 6.07) is 17.0. The highest BCUT2D eigenvalue weighted by Gasteiger charge is 2.12. The molecule has 1 N–H and O–H groups in total. The monoisotopic (exact) mass is 302 g/mol. The Labute approximate surface area is 132 Å². The molecule has 2 nitrogen and oxygen atoms in total. The quantitative estimate of drug-likeness (QED) is 0.808. The summed E-state index contributed by atoms with van der Waals surface area (Å²) in [5.41, 5.74) is 3.64. The van der Waals surface area contributed by atoms with E-state index in [1.807, 2.05) is 12.1 Å². The van der Waals surface area contributed by atoms with Crippen molar-refractivity contribution in [1.29, 1.82) is 0 Å². The van der Waals surface area contributed by atoms with Crippen LogP contribution in [0.3, 0.4) is 0 Å². The Bertz CT molecular complexity index is 567. The van der Waals surface area contributed by atoms with E-state index in [1.54, 1.807) is 0 Å². The van der Waals surface area contributed by atoms with Gasteiger partial charge in [0.25, 0.3) is 0 Å². The van der Waals surface area contributed by atoms with Crippen LogP contribution in [0.25, 0.3) is 0 Å². The van der Waals surface area contributed by atoms with Gasteiger partial charge < -0.3 is 10.2 Å². The van der Waals surface area contributed by atoms with Gasteiger partial charge in [0, 0.05) is 35.5 Å². The van der Waals surface area contributed by atoms with Crippen LogP contribution in [0.4, 0.5) is 11.4 Å². The number of benzene rings is 2. The van der Waals surface area contributed by atoms with Crippen molar-refractivity contribution >= 4 is 23.0 Å². The normalized spacial score (nSPS) is 10.9. The standard InChI is InChI=1S/C18H23ClN2/c1-4-21(17-8-6-5-7-9-17)18-11-10-16(19)12-15(18)13-20-14(2)3/h5-12,14,20H,4,13H2,1-3H3. The Morgan fingerprint density at radius 3 is 2.43 bits per heavy atom. The second kappa shape index (κ2) is 7.48. The number of rotatable bonds is 6. The fraction of sp³-hybridized carbons (Fsp3) is 0.333. The average Bonchev–Trinajstić information content (AvgIpc) is 2.48. The predicted octanol–water partition coefficient (Wildman–Crippen LogP) is 5.00. The third-order valence-corrected chi connectivity index (χ3v) is 3.65. The zero-order chi connectivity index (χ0) is 15.2. The molecule has 0 aliphatic carbocycles. The Morgan fingerprint density at radius 1 is 1.10 bits per heavy atom. The summed E-state index contributed by atoms with van der Waals surface area (Å²) in [6.45, 7) is 8.20. The molecule has 112 valence electrons. The summed E-state index contributed by atoms with van der Waals surface area (Å²) < 4.78 is 0. The maximum Gasteiger partial charge on any atom is 0.0457 e. The van der Waals surface area contributed by atoms with Crippen molar-refractivity contribution in [1.82, 2.24) is 5.32 Å². The maximum absolute atomic E-state index is 6.18. The zero-order valence-electron chi connectivity index (χ0n) is 12.9. The van der Waals surface area contributed by atoms with Crippen LogP contribution in [-0.4, -0.2) is 12.6 Å². The summed E-state index contributed by atoms with van der Waals surface area (Å²) in [5.74, 6) is 0. The minimum absolute atomic E-state index is 0.448. The van der Waals surface area contributed by atoms with Crippen LogP contribution in [0.1, 0.15) is 26.3 Å². The van der Waals surface area contributed by atoms with E-state index < -0.39 is 0 Å². The molecule has 2 aromatic carbocycles. The lowest BCUT2D eigenvalue weighted by Crippen LogP contribution is -2.24. The molecule has 0 bridgehead atoms. The van der Waals surface area contributed by atoms with Gasteiger partial charge in [-0.25, -0.2) is 0 Å². The first kappa shape index (κ1) is 15.9. The number of anilines is 2. The number of halogens is 1. The van der Waals surface area contributed by atoms with E-state index in [0.717, 1.165) is 18.1 Å². The van der Waals surface area contributed by atoms with E-state index in [1.165, 1.54) is 16.9 Å². The minimum atomic E-state index is 0.448. The van der Waals surface area contributed by atoms with E-state index >= 15 is 0 Å².